The van der Waals surface area contributed by atoms with E-state index in [1.807, 2.05) is 14.1 Å². The van der Waals surface area contributed by atoms with Crippen molar-refractivity contribution in [3.8, 4) is 11.8 Å². The van der Waals surface area contributed by atoms with Gasteiger partial charge in [-0.25, -0.2) is 8.78 Å². The second-order valence-electron chi connectivity index (χ2n) is 11.9. The fraction of sp³-hybridized carbons (Fsp3) is 0.424. The van der Waals surface area contributed by atoms with Crippen molar-refractivity contribution in [1.82, 2.24) is 0 Å². The Labute approximate surface area is 228 Å². The lowest BCUT2D eigenvalue weighted by Crippen LogP contribution is -2.53. The van der Waals surface area contributed by atoms with Gasteiger partial charge in [0.05, 0.1) is 12.7 Å². The first-order chi connectivity index (χ1) is 18.6. The Morgan fingerprint density at radius 2 is 1.79 bits per heavy atom. The summed E-state index contributed by atoms with van der Waals surface area (Å²) < 4.78 is 34.2. The second kappa shape index (κ2) is 9.43. The number of fused-ring (bicyclic) bond motifs is 4. The fourth-order valence-electron chi connectivity index (χ4n) is 7.33. The molecule has 0 radical (unpaired) electrons. The molecular weight excluding hydrogens is 496 g/mol. The first kappa shape index (κ1) is 26.0. The van der Waals surface area contributed by atoms with E-state index < -0.39 is 22.7 Å². The van der Waals surface area contributed by atoms with E-state index in [0.29, 0.717) is 32.3 Å². The summed E-state index contributed by atoms with van der Waals surface area (Å²) in [5.41, 5.74) is 3.95. The average molecular weight is 530 g/mol. The molecule has 2 saturated carbocycles. The number of nitrogens with zero attached hydrogens (tertiary/aromatic N) is 1. The van der Waals surface area contributed by atoms with E-state index in [4.69, 9.17) is 4.74 Å². The van der Waals surface area contributed by atoms with Crippen molar-refractivity contribution < 1.29 is 23.4 Å². The molecule has 2 aromatic rings. The van der Waals surface area contributed by atoms with Crippen LogP contribution in [-0.2, 0) is 9.53 Å². The summed E-state index contributed by atoms with van der Waals surface area (Å²) in [5.74, 6) is 4.71. The molecule has 202 valence electrons. The molecule has 0 aromatic heterocycles. The number of rotatable bonds is 2. The summed E-state index contributed by atoms with van der Waals surface area (Å²) in [7, 11) is 4.02. The first-order valence-corrected chi connectivity index (χ1v) is 13.7. The maximum atomic E-state index is 13.8. The highest BCUT2D eigenvalue weighted by atomic mass is 19.1. The fourth-order valence-corrected chi connectivity index (χ4v) is 7.33. The zero-order valence-corrected chi connectivity index (χ0v) is 22.6. The molecule has 4 aliphatic rings. The molecule has 5 unspecified atom stereocenters. The predicted molar refractivity (Wildman–Crippen MR) is 146 cm³/mol. The minimum Gasteiger partial charge on any atom is -0.378 e. The van der Waals surface area contributed by atoms with Crippen molar-refractivity contribution in [2.45, 2.75) is 56.7 Å². The Kier molecular flexibility index (Phi) is 6.28. The van der Waals surface area contributed by atoms with Crippen LogP contribution in [0.2, 0.25) is 0 Å². The standard InChI is InChI=1S/C33H33F2NO3/c1-32-18-28(21-4-6-25(7-5-21)36(2)3)30-27-9-8-26(37)16-22(27)19-39-31(30)29(32)11-13-33(32,38)12-10-20-14-23(34)17-24(35)15-20/h4-7,14-17,28-29,31,38H,8-9,11,13,18-19H2,1-3H3. The molecule has 1 heterocycles. The van der Waals surface area contributed by atoms with Gasteiger partial charge in [0.25, 0.3) is 0 Å². The van der Waals surface area contributed by atoms with Crippen molar-refractivity contribution in [3.05, 3.63) is 88.0 Å². The Hall–Kier alpha value is -3.27. The lowest BCUT2D eigenvalue weighted by atomic mass is 9.55. The van der Waals surface area contributed by atoms with Crippen LogP contribution >= 0.6 is 0 Å². The van der Waals surface area contributed by atoms with E-state index in [1.54, 1.807) is 6.08 Å². The maximum absolute atomic E-state index is 13.8. The van der Waals surface area contributed by atoms with Crippen LogP contribution in [-0.4, -0.2) is 43.3 Å². The van der Waals surface area contributed by atoms with Gasteiger partial charge in [0.2, 0.25) is 0 Å². The molecule has 6 heteroatoms. The highest BCUT2D eigenvalue weighted by molar-refractivity contribution is 5.93. The molecular formula is C33H33F2NO3. The van der Waals surface area contributed by atoms with Crippen molar-refractivity contribution >= 4 is 11.5 Å². The average Bonchev–Trinajstić information content (AvgIpc) is 3.16. The lowest BCUT2D eigenvalue weighted by molar-refractivity contribution is -0.115. The molecule has 5 atom stereocenters. The van der Waals surface area contributed by atoms with Crippen LogP contribution in [0, 0.1) is 34.8 Å². The number of ketones is 1. The lowest BCUT2D eigenvalue weighted by Gasteiger charge is -2.53. The predicted octanol–water partition coefficient (Wildman–Crippen LogP) is 5.70. The van der Waals surface area contributed by atoms with Gasteiger partial charge < -0.3 is 14.7 Å². The number of halogens is 2. The van der Waals surface area contributed by atoms with Gasteiger partial charge in [-0.1, -0.05) is 30.9 Å². The summed E-state index contributed by atoms with van der Waals surface area (Å²) in [5, 5.41) is 12.1. The highest BCUT2D eigenvalue weighted by Crippen LogP contribution is 2.64. The van der Waals surface area contributed by atoms with Crippen molar-refractivity contribution in [2.24, 2.45) is 11.3 Å². The number of hydrogen-bond acceptors (Lipinski definition) is 4. The Morgan fingerprint density at radius 3 is 2.49 bits per heavy atom. The smallest absolute Gasteiger partial charge is 0.156 e. The van der Waals surface area contributed by atoms with E-state index in [1.165, 1.54) is 23.3 Å². The molecule has 39 heavy (non-hydrogen) atoms. The van der Waals surface area contributed by atoms with Crippen LogP contribution in [0.15, 0.2) is 65.3 Å². The first-order valence-electron chi connectivity index (χ1n) is 13.7. The number of aliphatic hydroxyl groups is 1. The van der Waals surface area contributed by atoms with Crippen LogP contribution in [0.3, 0.4) is 0 Å². The molecule has 1 aliphatic heterocycles. The maximum Gasteiger partial charge on any atom is 0.156 e. The normalized spacial score (nSPS) is 31.5. The largest absolute Gasteiger partial charge is 0.378 e. The number of ether oxygens (including phenoxy) is 1. The molecule has 0 saturated heterocycles. The molecule has 0 bridgehead atoms. The van der Waals surface area contributed by atoms with Gasteiger partial charge in [-0.05, 0) is 84.2 Å². The molecule has 4 nitrogen and oxygen atoms in total. The van der Waals surface area contributed by atoms with Crippen LogP contribution in [0.1, 0.15) is 56.1 Å². The summed E-state index contributed by atoms with van der Waals surface area (Å²) in [4.78, 5) is 14.3. The van der Waals surface area contributed by atoms with Gasteiger partial charge in [0.15, 0.2) is 5.78 Å². The Balaban J connectivity index is 1.46. The van der Waals surface area contributed by atoms with Gasteiger partial charge in [0.1, 0.15) is 17.2 Å². The van der Waals surface area contributed by atoms with Crippen LogP contribution in [0.25, 0.3) is 0 Å². The van der Waals surface area contributed by atoms with Crippen LogP contribution in [0.5, 0.6) is 0 Å². The van der Waals surface area contributed by atoms with Gasteiger partial charge in [-0.3, -0.25) is 4.79 Å². The van der Waals surface area contributed by atoms with E-state index in [2.05, 4.69) is 47.9 Å². The van der Waals surface area contributed by atoms with Crippen LogP contribution in [0.4, 0.5) is 14.5 Å². The SMILES string of the molecule is CN(C)c1ccc(C2CC3(C)C(CCC3(O)C#Cc3cc(F)cc(F)c3)C3OCC4=CC(=O)CCC4=C23)cc1. The molecule has 6 rings (SSSR count). The summed E-state index contributed by atoms with van der Waals surface area (Å²) in [6.07, 6.45) is 4.61. The zero-order valence-electron chi connectivity index (χ0n) is 22.6. The Morgan fingerprint density at radius 1 is 1.08 bits per heavy atom. The number of hydrogen-bond donors (Lipinski definition) is 1. The van der Waals surface area contributed by atoms with Crippen molar-refractivity contribution in [3.63, 3.8) is 0 Å². The van der Waals surface area contributed by atoms with Crippen molar-refractivity contribution in [1.29, 1.82) is 0 Å². The topological polar surface area (TPSA) is 49.8 Å². The van der Waals surface area contributed by atoms with Crippen molar-refractivity contribution in [2.75, 3.05) is 25.6 Å². The molecule has 2 aromatic carbocycles. The van der Waals surface area contributed by atoms with Gasteiger partial charge in [0, 0.05) is 49.2 Å². The molecule has 2 fully saturated rings. The van der Waals surface area contributed by atoms with E-state index in [0.717, 1.165) is 29.3 Å². The molecule has 0 spiro atoms. The third-order valence-electron chi connectivity index (χ3n) is 9.46. The number of benzene rings is 2. The van der Waals surface area contributed by atoms with Crippen LogP contribution < -0.4 is 4.90 Å². The number of allylic oxidation sites excluding steroid dienone is 1. The third kappa shape index (κ3) is 4.33. The minimum absolute atomic E-state index is 0.0163. The summed E-state index contributed by atoms with van der Waals surface area (Å²) in [6.45, 7) is 2.48. The minimum atomic E-state index is -1.35. The third-order valence-corrected chi connectivity index (χ3v) is 9.46. The number of anilines is 1. The van der Waals surface area contributed by atoms with Gasteiger partial charge in [-0.15, -0.1) is 0 Å². The number of carbonyl (C=O) groups excluding carboxylic acids is 1. The van der Waals surface area contributed by atoms with Gasteiger partial charge in [-0.2, -0.15) is 0 Å². The molecule has 3 aliphatic carbocycles. The second-order valence-corrected chi connectivity index (χ2v) is 11.9. The Bertz CT molecular complexity index is 1440. The monoisotopic (exact) mass is 529 g/mol. The highest BCUT2D eigenvalue weighted by Gasteiger charge is 2.63. The zero-order chi connectivity index (χ0) is 27.5. The quantitative estimate of drug-likeness (QED) is 0.507. The van der Waals surface area contributed by atoms with Gasteiger partial charge >= 0.3 is 0 Å². The molecule has 1 N–H and O–H groups in total. The van der Waals surface area contributed by atoms with E-state index >= 15 is 0 Å². The summed E-state index contributed by atoms with van der Waals surface area (Å²) in [6, 6.07) is 11.7. The van der Waals surface area contributed by atoms with E-state index in [-0.39, 0.29) is 29.3 Å². The van der Waals surface area contributed by atoms with E-state index in [9.17, 15) is 18.7 Å². The number of carbonyl (C=O) groups is 1. The summed E-state index contributed by atoms with van der Waals surface area (Å²) >= 11 is 0. The molecule has 0 amide bonds.